The molecule has 3 aromatic rings. The number of amides is 2. The fraction of sp³-hybridized carbons (Fsp3) is 0.333. The summed E-state index contributed by atoms with van der Waals surface area (Å²) in [7, 11) is 0. The van der Waals surface area contributed by atoms with Crippen molar-refractivity contribution >= 4 is 22.8 Å². The van der Waals surface area contributed by atoms with Gasteiger partial charge in [0, 0.05) is 19.3 Å². The molecule has 146 valence electrons. The van der Waals surface area contributed by atoms with Gasteiger partial charge in [-0.25, -0.2) is 4.98 Å². The Morgan fingerprint density at radius 2 is 1.82 bits per heavy atom. The number of hydrogen-bond acceptors (Lipinski definition) is 4. The molecule has 2 aromatic heterocycles. The standard InChI is InChI=1S/C21H25N5O2/c1-4-25(5-2)19(27)14-26-18-12-7-6-10-16(18)24-20(26)15(3)23-21(28)17-11-8-9-13-22-17/h6-13,15H,4-5,14H2,1-3H3,(H,23,28). The third kappa shape index (κ3) is 4.03. The normalized spacial score (nSPS) is 12.0. The molecular formula is C21H25N5O2. The molecule has 7 heteroatoms. The number of para-hydroxylation sites is 2. The van der Waals surface area contributed by atoms with Crippen LogP contribution in [0.25, 0.3) is 11.0 Å². The molecule has 0 saturated carbocycles. The first-order valence-electron chi connectivity index (χ1n) is 9.50. The minimum absolute atomic E-state index is 0.0256. The highest BCUT2D eigenvalue weighted by Gasteiger charge is 2.22. The molecule has 0 bridgehead atoms. The first kappa shape index (κ1) is 19.5. The van der Waals surface area contributed by atoms with Crippen molar-refractivity contribution < 1.29 is 9.59 Å². The smallest absolute Gasteiger partial charge is 0.270 e. The highest BCUT2D eigenvalue weighted by Crippen LogP contribution is 2.21. The number of rotatable bonds is 7. The van der Waals surface area contributed by atoms with Crippen LogP contribution in [0.2, 0.25) is 0 Å². The van der Waals surface area contributed by atoms with Crippen LogP contribution in [-0.4, -0.2) is 44.3 Å². The lowest BCUT2D eigenvalue weighted by molar-refractivity contribution is -0.131. The van der Waals surface area contributed by atoms with E-state index in [1.807, 2.05) is 49.6 Å². The Morgan fingerprint density at radius 1 is 1.11 bits per heavy atom. The molecule has 1 unspecified atom stereocenters. The number of aromatic nitrogens is 3. The van der Waals surface area contributed by atoms with E-state index in [0.717, 1.165) is 11.0 Å². The maximum absolute atomic E-state index is 12.7. The molecule has 0 fully saturated rings. The molecular weight excluding hydrogens is 354 g/mol. The van der Waals surface area contributed by atoms with Crippen molar-refractivity contribution in [1.29, 1.82) is 0 Å². The highest BCUT2D eigenvalue weighted by molar-refractivity contribution is 5.92. The number of nitrogens with one attached hydrogen (secondary N) is 1. The molecule has 2 amide bonds. The summed E-state index contributed by atoms with van der Waals surface area (Å²) in [5.74, 6) is 0.394. The van der Waals surface area contributed by atoms with E-state index in [-0.39, 0.29) is 24.4 Å². The molecule has 3 rings (SSSR count). The second kappa shape index (κ2) is 8.65. The van der Waals surface area contributed by atoms with E-state index in [4.69, 9.17) is 0 Å². The second-order valence-electron chi connectivity index (χ2n) is 6.52. The van der Waals surface area contributed by atoms with Crippen molar-refractivity contribution in [3.05, 3.63) is 60.2 Å². The second-order valence-corrected chi connectivity index (χ2v) is 6.52. The van der Waals surface area contributed by atoms with Gasteiger partial charge in [-0.05, 0) is 45.0 Å². The number of hydrogen-bond donors (Lipinski definition) is 1. The third-order valence-electron chi connectivity index (χ3n) is 4.73. The number of pyridine rings is 1. The predicted octanol–water partition coefficient (Wildman–Crippen LogP) is 2.79. The lowest BCUT2D eigenvalue weighted by Gasteiger charge is -2.21. The molecule has 2 heterocycles. The average molecular weight is 379 g/mol. The monoisotopic (exact) mass is 379 g/mol. The van der Waals surface area contributed by atoms with Crippen molar-refractivity contribution in [2.24, 2.45) is 0 Å². The van der Waals surface area contributed by atoms with E-state index < -0.39 is 0 Å². The zero-order chi connectivity index (χ0) is 20.1. The van der Waals surface area contributed by atoms with Crippen LogP contribution in [0.15, 0.2) is 48.7 Å². The molecule has 0 radical (unpaired) electrons. The van der Waals surface area contributed by atoms with Crippen LogP contribution in [0, 0.1) is 0 Å². The van der Waals surface area contributed by atoms with E-state index in [1.54, 1.807) is 29.3 Å². The van der Waals surface area contributed by atoms with Crippen LogP contribution in [0.4, 0.5) is 0 Å². The van der Waals surface area contributed by atoms with Gasteiger partial charge in [0.05, 0.1) is 17.1 Å². The summed E-state index contributed by atoms with van der Waals surface area (Å²) in [6, 6.07) is 12.5. The van der Waals surface area contributed by atoms with Crippen LogP contribution >= 0.6 is 0 Å². The fourth-order valence-corrected chi connectivity index (χ4v) is 3.23. The maximum Gasteiger partial charge on any atom is 0.270 e. The molecule has 7 nitrogen and oxygen atoms in total. The van der Waals surface area contributed by atoms with Crippen LogP contribution in [-0.2, 0) is 11.3 Å². The number of imidazole rings is 1. The van der Waals surface area contributed by atoms with Crippen LogP contribution < -0.4 is 5.32 Å². The lowest BCUT2D eigenvalue weighted by Crippen LogP contribution is -2.35. The van der Waals surface area contributed by atoms with Gasteiger partial charge < -0.3 is 14.8 Å². The number of likely N-dealkylation sites (N-methyl/N-ethyl adjacent to an activating group) is 1. The Labute approximate surface area is 164 Å². The summed E-state index contributed by atoms with van der Waals surface area (Å²) in [6.45, 7) is 7.28. The van der Waals surface area contributed by atoms with Gasteiger partial charge in [-0.15, -0.1) is 0 Å². The Hall–Kier alpha value is -3.22. The van der Waals surface area contributed by atoms with Gasteiger partial charge in [-0.3, -0.25) is 14.6 Å². The topological polar surface area (TPSA) is 80.1 Å². The van der Waals surface area contributed by atoms with Gasteiger partial charge in [0.15, 0.2) is 0 Å². The van der Waals surface area contributed by atoms with Crippen molar-refractivity contribution in [2.45, 2.75) is 33.4 Å². The zero-order valence-corrected chi connectivity index (χ0v) is 16.4. The minimum atomic E-state index is -0.383. The quantitative estimate of drug-likeness (QED) is 0.684. The predicted molar refractivity (Wildman–Crippen MR) is 108 cm³/mol. The third-order valence-corrected chi connectivity index (χ3v) is 4.73. The van der Waals surface area contributed by atoms with E-state index in [0.29, 0.717) is 24.6 Å². The average Bonchev–Trinajstić information content (AvgIpc) is 3.08. The van der Waals surface area contributed by atoms with Crippen LogP contribution in [0.5, 0.6) is 0 Å². The Balaban J connectivity index is 1.91. The molecule has 0 spiro atoms. The van der Waals surface area contributed by atoms with Crippen molar-refractivity contribution in [3.63, 3.8) is 0 Å². The molecule has 1 aromatic carbocycles. The summed E-state index contributed by atoms with van der Waals surface area (Å²) in [5.41, 5.74) is 2.01. The summed E-state index contributed by atoms with van der Waals surface area (Å²) < 4.78 is 1.89. The maximum atomic E-state index is 12.7. The van der Waals surface area contributed by atoms with Crippen molar-refractivity contribution in [2.75, 3.05) is 13.1 Å². The van der Waals surface area contributed by atoms with E-state index in [2.05, 4.69) is 15.3 Å². The SMILES string of the molecule is CCN(CC)C(=O)Cn1c(C(C)NC(=O)c2ccccn2)nc2ccccc21. The largest absolute Gasteiger partial charge is 0.342 e. The Morgan fingerprint density at radius 3 is 2.50 bits per heavy atom. The molecule has 1 N–H and O–H groups in total. The van der Waals surface area contributed by atoms with Gasteiger partial charge >= 0.3 is 0 Å². The Kier molecular flexibility index (Phi) is 6.03. The van der Waals surface area contributed by atoms with Gasteiger partial charge in [0.2, 0.25) is 5.91 Å². The van der Waals surface area contributed by atoms with E-state index in [9.17, 15) is 9.59 Å². The summed E-state index contributed by atoms with van der Waals surface area (Å²) >= 11 is 0. The lowest BCUT2D eigenvalue weighted by atomic mass is 10.2. The highest BCUT2D eigenvalue weighted by atomic mass is 16.2. The Bertz CT molecular complexity index is 963. The number of carbonyl (C=O) groups is 2. The van der Waals surface area contributed by atoms with Gasteiger partial charge in [0.1, 0.15) is 18.1 Å². The van der Waals surface area contributed by atoms with Crippen LogP contribution in [0.3, 0.4) is 0 Å². The minimum Gasteiger partial charge on any atom is -0.342 e. The zero-order valence-electron chi connectivity index (χ0n) is 16.4. The molecule has 0 aliphatic rings. The summed E-state index contributed by atoms with van der Waals surface area (Å²) in [5, 5.41) is 2.93. The van der Waals surface area contributed by atoms with E-state index >= 15 is 0 Å². The van der Waals surface area contributed by atoms with Gasteiger partial charge in [-0.1, -0.05) is 18.2 Å². The number of nitrogens with zero attached hydrogens (tertiary/aromatic N) is 4. The number of fused-ring (bicyclic) bond motifs is 1. The first-order valence-corrected chi connectivity index (χ1v) is 9.50. The van der Waals surface area contributed by atoms with Crippen molar-refractivity contribution in [3.8, 4) is 0 Å². The summed E-state index contributed by atoms with van der Waals surface area (Å²) in [4.78, 5) is 35.8. The van der Waals surface area contributed by atoms with Gasteiger partial charge in [0.25, 0.3) is 5.91 Å². The fourth-order valence-electron chi connectivity index (χ4n) is 3.23. The molecule has 28 heavy (non-hydrogen) atoms. The number of benzene rings is 1. The van der Waals surface area contributed by atoms with Crippen molar-refractivity contribution in [1.82, 2.24) is 24.8 Å². The summed E-state index contributed by atoms with van der Waals surface area (Å²) in [6.07, 6.45) is 1.58. The molecule has 0 aliphatic carbocycles. The molecule has 0 aliphatic heterocycles. The van der Waals surface area contributed by atoms with E-state index in [1.165, 1.54) is 0 Å². The van der Waals surface area contributed by atoms with Crippen LogP contribution in [0.1, 0.15) is 43.1 Å². The van der Waals surface area contributed by atoms with Gasteiger partial charge in [-0.2, -0.15) is 0 Å². The molecule has 1 atom stereocenters. The number of carbonyl (C=O) groups excluding carboxylic acids is 2. The first-order chi connectivity index (χ1) is 13.5. The molecule has 0 saturated heterocycles.